The van der Waals surface area contributed by atoms with Gasteiger partial charge in [0.15, 0.2) is 0 Å². The van der Waals surface area contributed by atoms with E-state index in [-0.39, 0.29) is 17.4 Å². The first-order chi connectivity index (χ1) is 16.6. The number of fused-ring (bicyclic) bond motifs is 2. The van der Waals surface area contributed by atoms with Gasteiger partial charge in [-0.3, -0.25) is 13.7 Å². The Morgan fingerprint density at radius 3 is 2.34 bits per heavy atom. The van der Waals surface area contributed by atoms with Crippen molar-refractivity contribution in [3.63, 3.8) is 0 Å². The van der Waals surface area contributed by atoms with Crippen LogP contribution in [0.2, 0.25) is 5.02 Å². The summed E-state index contributed by atoms with van der Waals surface area (Å²) in [6.45, 7) is 3.53. The molecule has 10 nitrogen and oxygen atoms in total. The third-order valence-corrected chi connectivity index (χ3v) is 6.37. The molecule has 0 bridgehead atoms. The van der Waals surface area contributed by atoms with Gasteiger partial charge in [0.05, 0.1) is 28.3 Å². The minimum atomic E-state index is -3.67. The fourth-order valence-electron chi connectivity index (χ4n) is 4.65. The highest BCUT2D eigenvalue weighted by Gasteiger charge is 2.23. The maximum atomic E-state index is 12.5. The van der Waals surface area contributed by atoms with Gasteiger partial charge in [0.25, 0.3) is 10.1 Å². The van der Waals surface area contributed by atoms with Gasteiger partial charge in [-0.2, -0.15) is 8.42 Å². The Hall–Kier alpha value is -2.86. The lowest BCUT2D eigenvalue weighted by atomic mass is 10.0. The minimum absolute atomic E-state index is 0.0475. The third kappa shape index (κ3) is 6.23. The summed E-state index contributed by atoms with van der Waals surface area (Å²) in [6, 6.07) is 13.5. The molecule has 4 aromatic rings. The van der Waals surface area contributed by atoms with Crippen molar-refractivity contribution in [2.75, 3.05) is 25.9 Å². The smallest absolute Gasteiger partial charge is 0.306 e. The standard InChI is InChI=1S/C22H24ClN5O2.CH4O3S/c23-15-6-7-20-18(14-15)25-22(30)28(20)16-8-12-26(13-9-16)10-3-11-27-19-5-2-1-4-17(19)24-21(27)29;1-5(2,3)4/h1-2,4-7,14,16H,3,8-13H2,(H,24,29)(H,25,30);1H3,(H,2,3,4). The van der Waals surface area contributed by atoms with Crippen LogP contribution in [0.4, 0.5) is 0 Å². The number of H-pyrrole nitrogens is 2. The van der Waals surface area contributed by atoms with Crippen LogP contribution in [0.5, 0.6) is 0 Å². The van der Waals surface area contributed by atoms with Gasteiger partial charge in [0.1, 0.15) is 0 Å². The lowest BCUT2D eigenvalue weighted by Gasteiger charge is -2.32. The van der Waals surface area contributed by atoms with Crippen molar-refractivity contribution in [1.82, 2.24) is 24.0 Å². The molecular formula is C23H28ClN5O5S. The second kappa shape index (κ2) is 10.4. The molecule has 3 heterocycles. The predicted octanol–water partition coefficient (Wildman–Crippen LogP) is 2.86. The summed E-state index contributed by atoms with van der Waals surface area (Å²) in [5.41, 5.74) is 3.44. The number of nitrogens with zero attached hydrogens (tertiary/aromatic N) is 3. The lowest BCUT2D eigenvalue weighted by molar-refractivity contribution is 0.183. The summed E-state index contributed by atoms with van der Waals surface area (Å²) < 4.78 is 29.6. The first-order valence-corrected chi connectivity index (χ1v) is 13.5. The summed E-state index contributed by atoms with van der Waals surface area (Å²) >= 11 is 6.05. The second-order valence-electron chi connectivity index (χ2n) is 8.72. The fraction of sp³-hybridized carbons (Fsp3) is 0.391. The number of likely N-dealkylation sites (tertiary alicyclic amines) is 1. The van der Waals surface area contributed by atoms with Crippen LogP contribution in [-0.2, 0) is 16.7 Å². The first-order valence-electron chi connectivity index (χ1n) is 11.3. The van der Waals surface area contributed by atoms with Crippen molar-refractivity contribution in [3.05, 3.63) is 68.5 Å². The SMILES string of the molecule is CS(=O)(=O)O.O=c1[nH]c2ccccc2n1CCCN1CCC(n2c(=O)[nH]c3cc(Cl)ccc32)CC1. The van der Waals surface area contributed by atoms with Gasteiger partial charge in [-0.05, 0) is 56.1 Å². The van der Waals surface area contributed by atoms with Crippen LogP contribution in [0, 0.1) is 0 Å². The summed E-state index contributed by atoms with van der Waals surface area (Å²) in [6.07, 6.45) is 3.50. The number of aromatic amines is 2. The van der Waals surface area contributed by atoms with E-state index >= 15 is 0 Å². The molecule has 1 fully saturated rings. The average Bonchev–Trinajstić information content (AvgIpc) is 3.28. The highest BCUT2D eigenvalue weighted by atomic mass is 35.5. The van der Waals surface area contributed by atoms with Crippen molar-refractivity contribution in [1.29, 1.82) is 0 Å². The van der Waals surface area contributed by atoms with Crippen molar-refractivity contribution in [3.8, 4) is 0 Å². The molecule has 3 N–H and O–H groups in total. The summed E-state index contributed by atoms with van der Waals surface area (Å²) in [5, 5.41) is 0.625. The van der Waals surface area contributed by atoms with Crippen molar-refractivity contribution in [2.45, 2.75) is 31.8 Å². The zero-order chi connectivity index (χ0) is 25.2. The molecule has 0 unspecified atom stereocenters. The van der Waals surface area contributed by atoms with Crippen LogP contribution >= 0.6 is 11.6 Å². The van der Waals surface area contributed by atoms with E-state index in [2.05, 4.69) is 14.9 Å². The predicted molar refractivity (Wildman–Crippen MR) is 137 cm³/mol. The normalized spacial score (nSPS) is 15.4. The van der Waals surface area contributed by atoms with Crippen molar-refractivity contribution < 1.29 is 13.0 Å². The average molecular weight is 522 g/mol. The van der Waals surface area contributed by atoms with Crippen LogP contribution in [-0.4, -0.2) is 62.9 Å². The highest BCUT2D eigenvalue weighted by Crippen LogP contribution is 2.26. The molecule has 1 aliphatic rings. The Bertz CT molecular complexity index is 1540. The number of imidazole rings is 2. The number of nitrogens with one attached hydrogen (secondary N) is 2. The fourth-order valence-corrected chi connectivity index (χ4v) is 4.82. The molecule has 0 atom stereocenters. The number of benzene rings is 2. The van der Waals surface area contributed by atoms with Gasteiger partial charge < -0.3 is 14.9 Å². The van der Waals surface area contributed by atoms with Crippen LogP contribution in [0.25, 0.3) is 22.1 Å². The van der Waals surface area contributed by atoms with Crippen LogP contribution in [0.15, 0.2) is 52.1 Å². The largest absolute Gasteiger partial charge is 0.326 e. The number of halogens is 1. The Labute approximate surface area is 206 Å². The minimum Gasteiger partial charge on any atom is -0.306 e. The van der Waals surface area contributed by atoms with E-state index in [0.29, 0.717) is 17.8 Å². The molecule has 5 rings (SSSR count). The maximum Gasteiger partial charge on any atom is 0.326 e. The molecule has 0 amide bonds. The Kier molecular flexibility index (Phi) is 7.50. The zero-order valence-corrected chi connectivity index (χ0v) is 20.8. The Morgan fingerprint density at radius 2 is 1.63 bits per heavy atom. The van der Waals surface area contributed by atoms with E-state index in [1.54, 1.807) is 6.07 Å². The zero-order valence-electron chi connectivity index (χ0n) is 19.3. The van der Waals surface area contributed by atoms with E-state index in [4.69, 9.17) is 16.2 Å². The molecule has 35 heavy (non-hydrogen) atoms. The van der Waals surface area contributed by atoms with Crippen LogP contribution < -0.4 is 11.4 Å². The number of para-hydroxylation sites is 2. The second-order valence-corrected chi connectivity index (χ2v) is 10.6. The molecule has 0 spiro atoms. The summed E-state index contributed by atoms with van der Waals surface area (Å²) in [4.78, 5) is 32.9. The van der Waals surface area contributed by atoms with E-state index in [1.165, 1.54) is 0 Å². The lowest BCUT2D eigenvalue weighted by Crippen LogP contribution is -2.37. The summed E-state index contributed by atoms with van der Waals surface area (Å²) in [7, 11) is -3.67. The van der Waals surface area contributed by atoms with Gasteiger partial charge in [-0.1, -0.05) is 23.7 Å². The molecule has 12 heteroatoms. The maximum absolute atomic E-state index is 12.5. The van der Waals surface area contributed by atoms with E-state index in [0.717, 1.165) is 61.0 Å². The Morgan fingerprint density at radius 1 is 0.971 bits per heavy atom. The van der Waals surface area contributed by atoms with Crippen molar-refractivity contribution in [2.24, 2.45) is 0 Å². The number of aryl methyl sites for hydroxylation is 1. The van der Waals surface area contributed by atoms with Gasteiger partial charge in [0, 0.05) is 30.7 Å². The van der Waals surface area contributed by atoms with E-state index < -0.39 is 10.1 Å². The third-order valence-electron chi connectivity index (χ3n) is 6.14. The number of rotatable bonds is 5. The van der Waals surface area contributed by atoms with Gasteiger partial charge in [-0.15, -0.1) is 0 Å². The molecule has 0 saturated carbocycles. The molecule has 1 aliphatic heterocycles. The molecule has 1 saturated heterocycles. The monoisotopic (exact) mass is 521 g/mol. The van der Waals surface area contributed by atoms with Crippen molar-refractivity contribution >= 4 is 43.8 Å². The first kappa shape index (κ1) is 25.2. The van der Waals surface area contributed by atoms with Gasteiger partial charge in [-0.25, -0.2) is 9.59 Å². The molecule has 188 valence electrons. The number of piperidine rings is 1. The molecule has 0 aliphatic carbocycles. The molecule has 0 radical (unpaired) electrons. The van der Waals surface area contributed by atoms with E-state index in [9.17, 15) is 18.0 Å². The molecular weight excluding hydrogens is 494 g/mol. The van der Waals surface area contributed by atoms with E-state index in [1.807, 2.05) is 45.5 Å². The topological polar surface area (TPSA) is 133 Å². The number of aromatic nitrogens is 4. The molecule has 2 aromatic heterocycles. The highest BCUT2D eigenvalue weighted by molar-refractivity contribution is 7.85. The quantitative estimate of drug-likeness (QED) is 0.346. The van der Waals surface area contributed by atoms with Crippen LogP contribution in [0.3, 0.4) is 0 Å². The number of hydrogen-bond acceptors (Lipinski definition) is 5. The summed E-state index contributed by atoms with van der Waals surface area (Å²) in [5.74, 6) is 0. The van der Waals surface area contributed by atoms with Crippen LogP contribution in [0.1, 0.15) is 25.3 Å². The van der Waals surface area contributed by atoms with Gasteiger partial charge >= 0.3 is 11.4 Å². The number of hydrogen-bond donors (Lipinski definition) is 3. The Balaban J connectivity index is 0.000000527. The van der Waals surface area contributed by atoms with Gasteiger partial charge in [0.2, 0.25) is 0 Å². The molecule has 2 aromatic carbocycles.